The van der Waals surface area contributed by atoms with Crippen LogP contribution in [0.15, 0.2) is 59.2 Å². The fourth-order valence-electron chi connectivity index (χ4n) is 2.89. The molecule has 31 heavy (non-hydrogen) atoms. The average molecular weight is 455 g/mol. The van der Waals surface area contributed by atoms with Crippen LogP contribution in [0.4, 0.5) is 5.69 Å². The molecule has 0 fully saturated rings. The van der Waals surface area contributed by atoms with Gasteiger partial charge < -0.3 is 14.8 Å². The first-order valence-electron chi connectivity index (χ1n) is 9.16. The van der Waals surface area contributed by atoms with Crippen molar-refractivity contribution in [2.75, 3.05) is 25.3 Å². The van der Waals surface area contributed by atoms with Crippen LogP contribution in [0.1, 0.15) is 9.67 Å². The minimum atomic E-state index is -0.477. The van der Waals surface area contributed by atoms with Gasteiger partial charge >= 0.3 is 5.97 Å². The summed E-state index contributed by atoms with van der Waals surface area (Å²) in [6, 6.07) is 11.2. The molecule has 0 aliphatic rings. The van der Waals surface area contributed by atoms with Gasteiger partial charge in [-0.25, -0.2) is 14.3 Å². The van der Waals surface area contributed by atoms with Crippen molar-refractivity contribution in [2.45, 2.75) is 5.03 Å². The summed E-state index contributed by atoms with van der Waals surface area (Å²) >= 11 is 2.51. The second-order valence-electron chi connectivity index (χ2n) is 6.31. The molecule has 1 aromatic carbocycles. The molecule has 158 valence electrons. The van der Waals surface area contributed by atoms with Crippen LogP contribution in [0.3, 0.4) is 0 Å². The average Bonchev–Trinajstić information content (AvgIpc) is 3.44. The topological polar surface area (TPSA) is 94.8 Å². The highest BCUT2D eigenvalue weighted by atomic mass is 32.2. The monoisotopic (exact) mass is 454 g/mol. The van der Waals surface area contributed by atoms with E-state index >= 15 is 0 Å². The van der Waals surface area contributed by atoms with Gasteiger partial charge in [-0.3, -0.25) is 4.79 Å². The molecule has 8 nitrogen and oxygen atoms in total. The third-order valence-electron chi connectivity index (χ3n) is 4.39. The van der Waals surface area contributed by atoms with Gasteiger partial charge in [0.15, 0.2) is 0 Å². The van der Waals surface area contributed by atoms with Gasteiger partial charge in [-0.15, -0.1) is 11.3 Å². The van der Waals surface area contributed by atoms with Gasteiger partial charge in [0.25, 0.3) is 0 Å². The molecule has 3 heterocycles. The van der Waals surface area contributed by atoms with E-state index in [1.807, 2.05) is 30.3 Å². The van der Waals surface area contributed by atoms with Crippen LogP contribution in [-0.4, -0.2) is 46.4 Å². The van der Waals surface area contributed by atoms with E-state index in [4.69, 9.17) is 9.47 Å². The molecule has 0 aliphatic heterocycles. The number of amides is 1. The molecule has 0 radical (unpaired) electrons. The fraction of sp³-hybridized carbons (Fsp3) is 0.143. The maximum atomic E-state index is 12.4. The van der Waals surface area contributed by atoms with Crippen LogP contribution < -0.4 is 10.1 Å². The number of rotatable bonds is 7. The van der Waals surface area contributed by atoms with Crippen LogP contribution >= 0.6 is 23.1 Å². The number of fused-ring (bicyclic) bond motifs is 1. The van der Waals surface area contributed by atoms with Crippen molar-refractivity contribution in [3.63, 3.8) is 0 Å². The van der Waals surface area contributed by atoms with E-state index in [1.165, 1.54) is 30.2 Å². The molecular formula is C21H18N4O4S2. The Hall–Kier alpha value is -3.37. The lowest BCUT2D eigenvalue weighted by Crippen LogP contribution is -2.16. The maximum Gasteiger partial charge on any atom is 0.350 e. The van der Waals surface area contributed by atoms with E-state index in [-0.39, 0.29) is 11.7 Å². The van der Waals surface area contributed by atoms with Crippen molar-refractivity contribution < 1.29 is 19.1 Å². The minimum Gasteiger partial charge on any atom is -0.497 e. The Morgan fingerprint density at radius 1 is 1.19 bits per heavy atom. The highest BCUT2D eigenvalue weighted by Gasteiger charge is 2.16. The lowest BCUT2D eigenvalue weighted by molar-refractivity contribution is -0.113. The first-order chi connectivity index (χ1) is 15.1. The largest absolute Gasteiger partial charge is 0.497 e. The maximum absolute atomic E-state index is 12.4. The highest BCUT2D eigenvalue weighted by Crippen LogP contribution is 2.28. The van der Waals surface area contributed by atoms with Gasteiger partial charge in [-0.05, 0) is 41.8 Å². The van der Waals surface area contributed by atoms with E-state index in [0.717, 1.165) is 22.5 Å². The first-order valence-corrected chi connectivity index (χ1v) is 11.0. The quantitative estimate of drug-likeness (QED) is 0.333. The van der Waals surface area contributed by atoms with Crippen molar-refractivity contribution in [1.82, 2.24) is 14.6 Å². The molecular weight excluding hydrogens is 436 g/mol. The van der Waals surface area contributed by atoms with Crippen LogP contribution in [-0.2, 0) is 9.53 Å². The van der Waals surface area contributed by atoms with Gasteiger partial charge in [0.2, 0.25) is 5.91 Å². The molecule has 4 aromatic rings. The second-order valence-corrected chi connectivity index (χ2v) is 8.19. The molecule has 1 amide bonds. The Bertz CT molecular complexity index is 1230. The normalized spacial score (nSPS) is 10.8. The first kappa shape index (κ1) is 20.9. The van der Waals surface area contributed by atoms with Crippen molar-refractivity contribution in [3.05, 3.63) is 59.0 Å². The SMILES string of the molecule is COC(=O)c1sccc1NC(=O)CSc1nccn2nc(-c3ccc(OC)cc3)cc12. The molecule has 0 bridgehead atoms. The minimum absolute atomic E-state index is 0.131. The molecule has 3 aromatic heterocycles. The zero-order chi connectivity index (χ0) is 21.8. The Labute approximate surface area is 186 Å². The highest BCUT2D eigenvalue weighted by molar-refractivity contribution is 8.00. The number of aromatic nitrogens is 3. The number of anilines is 1. The van der Waals surface area contributed by atoms with Crippen LogP contribution in [0.5, 0.6) is 5.75 Å². The molecule has 0 saturated carbocycles. The van der Waals surface area contributed by atoms with Crippen molar-refractivity contribution in [1.29, 1.82) is 0 Å². The zero-order valence-electron chi connectivity index (χ0n) is 16.7. The number of carbonyl (C=O) groups excluding carboxylic acids is 2. The van der Waals surface area contributed by atoms with Gasteiger partial charge in [0.05, 0.1) is 36.9 Å². The molecule has 0 unspecified atom stereocenters. The number of methoxy groups -OCH3 is 2. The molecule has 0 saturated heterocycles. The molecule has 10 heteroatoms. The Morgan fingerprint density at radius 2 is 2.00 bits per heavy atom. The summed E-state index contributed by atoms with van der Waals surface area (Å²) in [5.74, 6) is 0.186. The lowest BCUT2D eigenvalue weighted by atomic mass is 10.1. The number of nitrogens with one attached hydrogen (secondary N) is 1. The number of nitrogens with zero attached hydrogens (tertiary/aromatic N) is 3. The van der Waals surface area contributed by atoms with Crippen LogP contribution in [0.2, 0.25) is 0 Å². The summed E-state index contributed by atoms with van der Waals surface area (Å²) < 4.78 is 11.7. The number of thioether (sulfide) groups is 1. The van der Waals surface area contributed by atoms with Crippen molar-refractivity contribution in [2.24, 2.45) is 0 Å². The molecule has 0 aliphatic carbocycles. The van der Waals surface area contributed by atoms with Crippen molar-refractivity contribution in [3.8, 4) is 17.0 Å². The number of benzene rings is 1. The Balaban J connectivity index is 1.48. The molecule has 1 N–H and O–H groups in total. The second kappa shape index (κ2) is 9.19. The van der Waals surface area contributed by atoms with Gasteiger partial charge in [0, 0.05) is 18.0 Å². The van der Waals surface area contributed by atoms with Gasteiger partial charge in [-0.1, -0.05) is 11.8 Å². The van der Waals surface area contributed by atoms with E-state index < -0.39 is 5.97 Å². The number of carbonyl (C=O) groups is 2. The molecule has 0 atom stereocenters. The fourth-order valence-corrected chi connectivity index (χ4v) is 4.43. The predicted molar refractivity (Wildman–Crippen MR) is 120 cm³/mol. The third kappa shape index (κ3) is 4.54. The number of esters is 1. The van der Waals surface area contributed by atoms with E-state index in [1.54, 1.807) is 35.5 Å². The smallest absolute Gasteiger partial charge is 0.350 e. The summed E-state index contributed by atoms with van der Waals surface area (Å²) in [4.78, 5) is 29.0. The number of thiophene rings is 1. The number of hydrogen-bond acceptors (Lipinski definition) is 8. The van der Waals surface area contributed by atoms with E-state index in [2.05, 4.69) is 15.4 Å². The van der Waals surface area contributed by atoms with Crippen LogP contribution in [0.25, 0.3) is 16.8 Å². The summed E-state index contributed by atoms with van der Waals surface area (Å²) in [6.45, 7) is 0. The van der Waals surface area contributed by atoms with E-state index in [9.17, 15) is 9.59 Å². The lowest BCUT2D eigenvalue weighted by Gasteiger charge is -2.06. The zero-order valence-corrected chi connectivity index (χ0v) is 18.3. The van der Waals surface area contributed by atoms with Gasteiger partial charge in [-0.2, -0.15) is 5.10 Å². The Kier molecular flexibility index (Phi) is 6.19. The molecule has 0 spiro atoms. The van der Waals surface area contributed by atoms with Gasteiger partial charge in [0.1, 0.15) is 15.7 Å². The molecule has 4 rings (SSSR count). The predicted octanol–water partition coefficient (Wildman–Crippen LogP) is 3.98. The Morgan fingerprint density at radius 3 is 2.74 bits per heavy atom. The summed E-state index contributed by atoms with van der Waals surface area (Å²) in [6.07, 6.45) is 3.41. The summed E-state index contributed by atoms with van der Waals surface area (Å²) in [5, 5.41) is 9.76. The van der Waals surface area contributed by atoms with E-state index in [0.29, 0.717) is 15.6 Å². The van der Waals surface area contributed by atoms with Crippen molar-refractivity contribution >= 4 is 46.2 Å². The number of hydrogen-bond donors (Lipinski definition) is 1. The summed E-state index contributed by atoms with van der Waals surface area (Å²) in [5.41, 5.74) is 2.99. The van der Waals surface area contributed by atoms with Crippen LogP contribution in [0, 0.1) is 0 Å². The summed E-state index contributed by atoms with van der Waals surface area (Å²) in [7, 11) is 2.93. The third-order valence-corrected chi connectivity index (χ3v) is 6.28. The number of ether oxygens (including phenoxy) is 2. The standard InChI is InChI=1S/C21H18N4O4S2/c1-28-14-5-3-13(4-6-14)16-11-17-20(22-8-9-25(17)24-16)31-12-18(26)23-15-7-10-30-19(15)21(27)29-2/h3-11H,12H2,1-2H3,(H,23,26).